The maximum absolute atomic E-state index is 13.5. The van der Waals surface area contributed by atoms with Crippen LogP contribution in [0.5, 0.6) is 17.2 Å². The zero-order valence-corrected chi connectivity index (χ0v) is 20.9. The van der Waals surface area contributed by atoms with Crippen LogP contribution in [-0.2, 0) is 21.4 Å². The number of nitrogens with zero attached hydrogens (tertiary/aromatic N) is 2. The highest BCUT2D eigenvalue weighted by Gasteiger charge is 2.38. The van der Waals surface area contributed by atoms with Gasteiger partial charge in [0.05, 0.1) is 31.3 Å². The van der Waals surface area contributed by atoms with E-state index >= 15 is 0 Å². The summed E-state index contributed by atoms with van der Waals surface area (Å²) in [5.74, 6) is 1.16. The predicted octanol–water partition coefficient (Wildman–Crippen LogP) is 3.63. The minimum atomic E-state index is -3.91. The summed E-state index contributed by atoms with van der Waals surface area (Å²) in [5, 5.41) is 0. The van der Waals surface area contributed by atoms with Gasteiger partial charge in [-0.2, -0.15) is 0 Å². The standard InChI is InChI=1S/C26H28N2O6S/c1-18-9-12-20(13-10-18)35(30,31)28-17-25(34-22-8-6-5-7-21(22)28)26(29)27(2)16-19-11-14-23(32-3)24(15-19)33-4/h5-15,25H,16-17H2,1-4H3/t25-/m1/s1. The number of amides is 1. The number of carbonyl (C=O) groups is 1. The van der Waals surface area contributed by atoms with Crippen LogP contribution in [0.25, 0.3) is 0 Å². The Morgan fingerprint density at radius 2 is 1.71 bits per heavy atom. The van der Waals surface area contributed by atoms with Crippen LogP contribution in [0.1, 0.15) is 11.1 Å². The number of carbonyl (C=O) groups excluding carboxylic acids is 1. The molecule has 1 amide bonds. The predicted molar refractivity (Wildman–Crippen MR) is 133 cm³/mol. The topological polar surface area (TPSA) is 85.4 Å². The molecule has 0 saturated heterocycles. The molecule has 0 radical (unpaired) electrons. The Morgan fingerprint density at radius 3 is 2.40 bits per heavy atom. The molecule has 0 bridgehead atoms. The fourth-order valence-corrected chi connectivity index (χ4v) is 5.45. The highest BCUT2D eigenvalue weighted by atomic mass is 32.2. The first-order valence-corrected chi connectivity index (χ1v) is 12.5. The number of ether oxygens (including phenoxy) is 3. The molecule has 0 aromatic heterocycles. The lowest BCUT2D eigenvalue weighted by Gasteiger charge is -2.36. The first kappa shape index (κ1) is 24.4. The van der Waals surface area contributed by atoms with Crippen molar-refractivity contribution in [2.45, 2.75) is 24.5 Å². The second kappa shape index (κ2) is 9.87. The number of sulfonamides is 1. The Bertz CT molecular complexity index is 1320. The zero-order chi connectivity index (χ0) is 25.2. The van der Waals surface area contributed by atoms with Gasteiger partial charge in [-0.3, -0.25) is 9.10 Å². The van der Waals surface area contributed by atoms with Crippen molar-refractivity contribution in [1.82, 2.24) is 4.90 Å². The van der Waals surface area contributed by atoms with Crippen molar-refractivity contribution in [1.29, 1.82) is 0 Å². The van der Waals surface area contributed by atoms with E-state index in [0.29, 0.717) is 22.9 Å². The van der Waals surface area contributed by atoms with Gasteiger partial charge in [0.25, 0.3) is 15.9 Å². The molecule has 0 aliphatic carbocycles. The number of methoxy groups -OCH3 is 2. The number of hydrogen-bond donors (Lipinski definition) is 0. The van der Waals surface area contributed by atoms with Crippen molar-refractivity contribution in [2.75, 3.05) is 32.1 Å². The molecule has 0 saturated carbocycles. The molecule has 1 aliphatic heterocycles. The highest BCUT2D eigenvalue weighted by molar-refractivity contribution is 7.92. The molecule has 3 aromatic carbocycles. The van der Waals surface area contributed by atoms with Crippen LogP contribution in [0.4, 0.5) is 5.69 Å². The summed E-state index contributed by atoms with van der Waals surface area (Å²) in [6, 6.07) is 18.9. The van der Waals surface area contributed by atoms with E-state index in [9.17, 15) is 13.2 Å². The van der Waals surface area contributed by atoms with Gasteiger partial charge in [0.2, 0.25) is 0 Å². The summed E-state index contributed by atoms with van der Waals surface area (Å²) in [6.07, 6.45) is -1.00. The quantitative estimate of drug-likeness (QED) is 0.497. The van der Waals surface area contributed by atoms with E-state index in [1.54, 1.807) is 81.9 Å². The van der Waals surface area contributed by atoms with Gasteiger partial charge < -0.3 is 19.1 Å². The normalized spacial score (nSPS) is 15.1. The Morgan fingerprint density at radius 1 is 1.03 bits per heavy atom. The van der Waals surface area contributed by atoms with Crippen molar-refractivity contribution < 1.29 is 27.4 Å². The minimum Gasteiger partial charge on any atom is -0.493 e. The average molecular weight is 497 g/mol. The Hall–Kier alpha value is -3.72. The Kier molecular flexibility index (Phi) is 6.88. The molecule has 0 fully saturated rings. The first-order valence-electron chi connectivity index (χ1n) is 11.1. The molecule has 1 aliphatic rings. The van der Waals surface area contributed by atoms with E-state index in [1.807, 2.05) is 13.0 Å². The fraction of sp³-hybridized carbons (Fsp3) is 0.269. The summed E-state index contributed by atoms with van der Waals surface area (Å²) in [6.45, 7) is 2.04. The molecule has 0 spiro atoms. The van der Waals surface area contributed by atoms with Crippen molar-refractivity contribution in [3.63, 3.8) is 0 Å². The van der Waals surface area contributed by atoms with Crippen LogP contribution in [0.15, 0.2) is 71.6 Å². The number of fused-ring (bicyclic) bond motifs is 1. The summed E-state index contributed by atoms with van der Waals surface area (Å²) in [5.41, 5.74) is 2.19. The van der Waals surface area contributed by atoms with Gasteiger partial charge in [-0.1, -0.05) is 35.9 Å². The van der Waals surface area contributed by atoms with Gasteiger partial charge in [0.15, 0.2) is 17.6 Å². The number of aryl methyl sites for hydroxylation is 1. The SMILES string of the molecule is COc1ccc(CN(C)C(=O)[C@H]2CN(S(=O)(=O)c3ccc(C)cc3)c3ccccc3O2)cc1OC. The van der Waals surface area contributed by atoms with Crippen LogP contribution in [0.3, 0.4) is 0 Å². The summed E-state index contributed by atoms with van der Waals surface area (Å²) in [4.78, 5) is 15.0. The third-order valence-corrected chi connectivity index (χ3v) is 7.66. The van der Waals surface area contributed by atoms with Gasteiger partial charge >= 0.3 is 0 Å². The third-order valence-electron chi connectivity index (χ3n) is 5.86. The highest BCUT2D eigenvalue weighted by Crippen LogP contribution is 2.37. The molecule has 184 valence electrons. The van der Waals surface area contributed by atoms with Gasteiger partial charge in [0, 0.05) is 13.6 Å². The first-order chi connectivity index (χ1) is 16.7. The van der Waals surface area contributed by atoms with E-state index in [2.05, 4.69) is 0 Å². The van der Waals surface area contributed by atoms with E-state index in [4.69, 9.17) is 14.2 Å². The number of para-hydroxylation sites is 2. The summed E-state index contributed by atoms with van der Waals surface area (Å²) >= 11 is 0. The van der Waals surface area contributed by atoms with Crippen molar-refractivity contribution in [2.24, 2.45) is 0 Å². The third kappa shape index (κ3) is 4.90. The van der Waals surface area contributed by atoms with E-state index < -0.39 is 16.1 Å². The molecule has 3 aromatic rings. The molecule has 9 heteroatoms. The molecule has 8 nitrogen and oxygen atoms in total. The molecule has 0 N–H and O–H groups in total. The van der Waals surface area contributed by atoms with Crippen molar-refractivity contribution in [3.8, 4) is 17.2 Å². The molecule has 35 heavy (non-hydrogen) atoms. The number of likely N-dealkylation sites (N-methyl/N-ethyl adjacent to an activating group) is 1. The monoisotopic (exact) mass is 496 g/mol. The molecule has 1 heterocycles. The number of anilines is 1. The van der Waals surface area contributed by atoms with Crippen LogP contribution < -0.4 is 18.5 Å². The zero-order valence-electron chi connectivity index (χ0n) is 20.1. The molecular formula is C26H28N2O6S. The largest absolute Gasteiger partial charge is 0.493 e. The van der Waals surface area contributed by atoms with Crippen LogP contribution in [-0.4, -0.2) is 53.1 Å². The fourth-order valence-electron chi connectivity index (χ4n) is 3.97. The van der Waals surface area contributed by atoms with E-state index in [0.717, 1.165) is 11.1 Å². The Labute approximate surface area is 205 Å². The Balaban J connectivity index is 1.60. The van der Waals surface area contributed by atoms with E-state index in [1.165, 1.54) is 9.21 Å². The molecule has 1 atom stereocenters. The maximum atomic E-state index is 13.5. The smallest absolute Gasteiger partial charge is 0.265 e. The molecule has 4 rings (SSSR count). The average Bonchev–Trinajstić information content (AvgIpc) is 2.87. The van der Waals surface area contributed by atoms with E-state index in [-0.39, 0.29) is 23.9 Å². The lowest BCUT2D eigenvalue weighted by molar-refractivity contribution is -0.137. The van der Waals surface area contributed by atoms with Gasteiger partial charge in [-0.15, -0.1) is 0 Å². The lowest BCUT2D eigenvalue weighted by atomic mass is 10.1. The summed E-state index contributed by atoms with van der Waals surface area (Å²) in [7, 11) is 0.853. The number of rotatable bonds is 7. The maximum Gasteiger partial charge on any atom is 0.265 e. The van der Waals surface area contributed by atoms with Crippen LogP contribution >= 0.6 is 0 Å². The van der Waals surface area contributed by atoms with Gasteiger partial charge in [0.1, 0.15) is 5.75 Å². The molecular weight excluding hydrogens is 468 g/mol. The van der Waals surface area contributed by atoms with Gasteiger partial charge in [-0.25, -0.2) is 8.42 Å². The van der Waals surface area contributed by atoms with Gasteiger partial charge in [-0.05, 0) is 48.9 Å². The van der Waals surface area contributed by atoms with Crippen molar-refractivity contribution >= 4 is 21.6 Å². The number of benzene rings is 3. The lowest BCUT2D eigenvalue weighted by Crippen LogP contribution is -2.50. The second-order valence-electron chi connectivity index (χ2n) is 8.31. The van der Waals surface area contributed by atoms with Crippen molar-refractivity contribution in [3.05, 3.63) is 77.9 Å². The second-order valence-corrected chi connectivity index (χ2v) is 10.2. The number of hydrogen-bond acceptors (Lipinski definition) is 6. The summed E-state index contributed by atoms with van der Waals surface area (Å²) < 4.78 is 44.9. The van der Waals surface area contributed by atoms with Crippen LogP contribution in [0.2, 0.25) is 0 Å². The van der Waals surface area contributed by atoms with Crippen LogP contribution in [0, 0.1) is 6.92 Å². The molecule has 0 unspecified atom stereocenters. The minimum absolute atomic E-state index is 0.137.